The second kappa shape index (κ2) is 9.13. The second-order valence-corrected chi connectivity index (χ2v) is 8.01. The van der Waals surface area contributed by atoms with Crippen molar-refractivity contribution in [2.24, 2.45) is 0 Å². The Bertz CT molecular complexity index is 915. The lowest BCUT2D eigenvalue weighted by molar-refractivity contribution is 0.0730. The number of ether oxygens (including phenoxy) is 2. The van der Waals surface area contributed by atoms with E-state index in [1.807, 2.05) is 18.2 Å². The van der Waals surface area contributed by atoms with E-state index in [9.17, 15) is 17.6 Å². The number of rotatable bonds is 7. The lowest BCUT2D eigenvalue weighted by atomic mass is 10.2. The zero-order valence-electron chi connectivity index (χ0n) is 15.1. The number of hydrogen-bond acceptors (Lipinski definition) is 5. The highest BCUT2D eigenvalue weighted by Crippen LogP contribution is 2.20. The summed E-state index contributed by atoms with van der Waals surface area (Å²) in [6.45, 7) is 1.39. The Kier molecular flexibility index (Phi) is 6.61. The summed E-state index contributed by atoms with van der Waals surface area (Å²) in [6, 6.07) is 12.3. The number of hydrogen-bond donors (Lipinski definition) is 1. The predicted octanol–water partition coefficient (Wildman–Crippen LogP) is 1.66. The van der Waals surface area contributed by atoms with Crippen molar-refractivity contribution in [3.05, 3.63) is 59.9 Å². The molecule has 1 aliphatic rings. The summed E-state index contributed by atoms with van der Waals surface area (Å²) in [5.41, 5.74) is -0.325. The molecule has 2 aromatic rings. The molecule has 9 heteroatoms. The van der Waals surface area contributed by atoms with Crippen LogP contribution >= 0.6 is 0 Å². The van der Waals surface area contributed by atoms with Crippen molar-refractivity contribution in [1.29, 1.82) is 0 Å². The molecule has 0 radical (unpaired) electrons. The minimum absolute atomic E-state index is 0.124. The Morgan fingerprint density at radius 2 is 1.86 bits per heavy atom. The van der Waals surface area contributed by atoms with Crippen LogP contribution in [0.3, 0.4) is 0 Å². The van der Waals surface area contributed by atoms with Gasteiger partial charge in [-0.2, -0.15) is 4.31 Å². The summed E-state index contributed by atoms with van der Waals surface area (Å²) in [7, 11) is -3.81. The number of amides is 1. The molecule has 0 atom stereocenters. The van der Waals surface area contributed by atoms with Crippen LogP contribution in [0, 0.1) is 5.82 Å². The van der Waals surface area contributed by atoms with Crippen molar-refractivity contribution in [2.45, 2.75) is 4.90 Å². The highest BCUT2D eigenvalue weighted by molar-refractivity contribution is 7.89. The number of morpholine rings is 1. The van der Waals surface area contributed by atoms with Gasteiger partial charge in [-0.3, -0.25) is 4.79 Å². The smallest absolute Gasteiger partial charge is 0.254 e. The van der Waals surface area contributed by atoms with Crippen LogP contribution in [0.25, 0.3) is 0 Å². The van der Waals surface area contributed by atoms with E-state index in [-0.39, 0.29) is 36.7 Å². The Morgan fingerprint density at radius 3 is 2.57 bits per heavy atom. The third kappa shape index (κ3) is 4.86. The maximum absolute atomic E-state index is 14.1. The molecule has 0 aliphatic carbocycles. The maximum atomic E-state index is 14.1. The molecule has 1 amide bonds. The average molecular weight is 408 g/mol. The van der Waals surface area contributed by atoms with Crippen molar-refractivity contribution < 1.29 is 27.1 Å². The molecule has 150 valence electrons. The van der Waals surface area contributed by atoms with E-state index in [1.165, 1.54) is 4.31 Å². The minimum Gasteiger partial charge on any atom is -0.492 e. The first kappa shape index (κ1) is 20.2. The molecule has 1 heterocycles. The Hall–Kier alpha value is -2.49. The number of sulfonamides is 1. The third-order valence-corrected chi connectivity index (χ3v) is 6.08. The van der Waals surface area contributed by atoms with E-state index >= 15 is 0 Å². The zero-order valence-corrected chi connectivity index (χ0v) is 16.0. The number of nitrogens with zero attached hydrogens (tertiary/aromatic N) is 1. The van der Waals surface area contributed by atoms with Gasteiger partial charge in [0.05, 0.1) is 30.2 Å². The van der Waals surface area contributed by atoms with Crippen molar-refractivity contribution >= 4 is 15.9 Å². The summed E-state index contributed by atoms with van der Waals surface area (Å²) in [6.07, 6.45) is 0. The number of carbonyl (C=O) groups excluding carboxylic acids is 1. The first-order valence-corrected chi connectivity index (χ1v) is 10.3. The van der Waals surface area contributed by atoms with E-state index in [2.05, 4.69) is 5.32 Å². The van der Waals surface area contributed by atoms with Crippen LogP contribution in [0.1, 0.15) is 10.4 Å². The second-order valence-electron chi connectivity index (χ2n) is 6.08. The van der Waals surface area contributed by atoms with Crippen molar-refractivity contribution in [2.75, 3.05) is 39.5 Å². The molecular formula is C19H21FN2O5S. The fraction of sp³-hybridized carbons (Fsp3) is 0.316. The van der Waals surface area contributed by atoms with Crippen LogP contribution in [0.15, 0.2) is 53.4 Å². The third-order valence-electron chi connectivity index (χ3n) is 4.19. The topological polar surface area (TPSA) is 84.9 Å². The Labute approximate surface area is 163 Å². The molecule has 2 aromatic carbocycles. The van der Waals surface area contributed by atoms with Gasteiger partial charge in [0, 0.05) is 13.1 Å². The number of carbonyl (C=O) groups is 1. The minimum atomic E-state index is -3.81. The molecule has 0 saturated carbocycles. The van der Waals surface area contributed by atoms with Crippen LogP contribution in [0.2, 0.25) is 0 Å². The monoisotopic (exact) mass is 408 g/mol. The summed E-state index contributed by atoms with van der Waals surface area (Å²) < 4.78 is 51.4. The van der Waals surface area contributed by atoms with Crippen LogP contribution in [0.4, 0.5) is 4.39 Å². The van der Waals surface area contributed by atoms with Gasteiger partial charge in [0.15, 0.2) is 0 Å². The van der Waals surface area contributed by atoms with Gasteiger partial charge in [0.1, 0.15) is 18.2 Å². The predicted molar refractivity (Wildman–Crippen MR) is 100 cm³/mol. The summed E-state index contributed by atoms with van der Waals surface area (Å²) in [5, 5.41) is 2.54. The summed E-state index contributed by atoms with van der Waals surface area (Å²) in [5.74, 6) is -0.836. The highest BCUT2D eigenvalue weighted by atomic mass is 32.2. The lowest BCUT2D eigenvalue weighted by Crippen LogP contribution is -2.40. The van der Waals surface area contributed by atoms with Gasteiger partial charge in [-0.25, -0.2) is 12.8 Å². The van der Waals surface area contributed by atoms with Gasteiger partial charge in [-0.15, -0.1) is 0 Å². The van der Waals surface area contributed by atoms with E-state index < -0.39 is 21.7 Å². The molecule has 1 N–H and O–H groups in total. The van der Waals surface area contributed by atoms with Crippen molar-refractivity contribution in [3.8, 4) is 5.75 Å². The van der Waals surface area contributed by atoms with Gasteiger partial charge >= 0.3 is 0 Å². The molecular weight excluding hydrogens is 387 g/mol. The van der Waals surface area contributed by atoms with Crippen LogP contribution < -0.4 is 10.1 Å². The maximum Gasteiger partial charge on any atom is 0.254 e. The number of halogens is 1. The number of nitrogens with one attached hydrogen (secondary N) is 1. The highest BCUT2D eigenvalue weighted by Gasteiger charge is 2.27. The normalized spacial score (nSPS) is 15.2. The molecule has 0 aromatic heterocycles. The summed E-state index contributed by atoms with van der Waals surface area (Å²) >= 11 is 0. The van der Waals surface area contributed by atoms with E-state index in [1.54, 1.807) is 12.1 Å². The van der Waals surface area contributed by atoms with E-state index in [0.29, 0.717) is 19.0 Å². The largest absolute Gasteiger partial charge is 0.492 e. The molecule has 1 aliphatic heterocycles. The van der Waals surface area contributed by atoms with Gasteiger partial charge in [-0.1, -0.05) is 18.2 Å². The zero-order chi connectivity index (χ0) is 20.0. The number of benzene rings is 2. The van der Waals surface area contributed by atoms with Crippen LogP contribution in [0.5, 0.6) is 5.75 Å². The van der Waals surface area contributed by atoms with Crippen molar-refractivity contribution in [1.82, 2.24) is 9.62 Å². The molecule has 0 spiro atoms. The quantitative estimate of drug-likeness (QED) is 0.705. The fourth-order valence-electron chi connectivity index (χ4n) is 2.72. The van der Waals surface area contributed by atoms with E-state index in [0.717, 1.165) is 18.2 Å². The SMILES string of the molecule is O=C(NCCOc1ccccc1)c1cc(S(=O)(=O)N2CCOCC2)ccc1F. The first-order chi connectivity index (χ1) is 13.5. The Morgan fingerprint density at radius 1 is 1.14 bits per heavy atom. The molecule has 7 nitrogen and oxygen atoms in total. The van der Waals surface area contributed by atoms with Crippen LogP contribution in [-0.2, 0) is 14.8 Å². The summed E-state index contributed by atoms with van der Waals surface area (Å²) in [4.78, 5) is 12.2. The Balaban J connectivity index is 1.64. The molecule has 28 heavy (non-hydrogen) atoms. The molecule has 0 unspecified atom stereocenters. The van der Waals surface area contributed by atoms with E-state index in [4.69, 9.17) is 9.47 Å². The lowest BCUT2D eigenvalue weighted by Gasteiger charge is -2.26. The van der Waals surface area contributed by atoms with Gasteiger partial charge < -0.3 is 14.8 Å². The molecule has 3 rings (SSSR count). The molecule has 1 saturated heterocycles. The van der Waals surface area contributed by atoms with Crippen LogP contribution in [-0.4, -0.2) is 58.1 Å². The van der Waals surface area contributed by atoms with Gasteiger partial charge in [0.25, 0.3) is 5.91 Å². The van der Waals surface area contributed by atoms with Gasteiger partial charge in [-0.05, 0) is 30.3 Å². The molecule has 0 bridgehead atoms. The standard InChI is InChI=1S/C19H21FN2O5S/c20-18-7-6-16(28(24,25)22-9-12-26-13-10-22)14-17(18)19(23)21-8-11-27-15-4-2-1-3-5-15/h1-7,14H,8-13H2,(H,21,23). The van der Waals surface area contributed by atoms with Crippen molar-refractivity contribution in [3.63, 3.8) is 0 Å². The molecule has 1 fully saturated rings. The first-order valence-electron chi connectivity index (χ1n) is 8.82. The fourth-order valence-corrected chi connectivity index (χ4v) is 4.15. The average Bonchev–Trinajstić information content (AvgIpc) is 2.72. The van der Waals surface area contributed by atoms with Gasteiger partial charge in [0.2, 0.25) is 10.0 Å². The number of para-hydroxylation sites is 1.